The summed E-state index contributed by atoms with van der Waals surface area (Å²) in [5, 5.41) is 1.50. The summed E-state index contributed by atoms with van der Waals surface area (Å²) < 4.78 is 37.8. The lowest BCUT2D eigenvalue weighted by atomic mass is 10.1. The lowest BCUT2D eigenvalue weighted by Crippen LogP contribution is -2.21. The standard InChI is InChI=1S/C16H16ClNO5S/c1-2-23-16(19)13-10-12(8-9-14(13)17)18-15(24(20,21)22)11-6-4-3-5-7-11/h3-10,15,18H,2H2,1H3,(H,20,21,22). The highest BCUT2D eigenvalue weighted by molar-refractivity contribution is 7.86. The lowest BCUT2D eigenvalue weighted by molar-refractivity contribution is 0.0526. The number of hydrogen-bond acceptors (Lipinski definition) is 5. The van der Waals surface area contributed by atoms with Crippen molar-refractivity contribution >= 4 is 33.4 Å². The van der Waals surface area contributed by atoms with E-state index < -0.39 is 21.5 Å². The Morgan fingerprint density at radius 3 is 2.50 bits per heavy atom. The zero-order valence-corrected chi connectivity index (χ0v) is 14.3. The second-order valence-corrected chi connectivity index (χ2v) is 6.77. The molecule has 0 aliphatic rings. The van der Waals surface area contributed by atoms with Crippen LogP contribution in [-0.2, 0) is 14.9 Å². The molecule has 0 radical (unpaired) electrons. The van der Waals surface area contributed by atoms with Crippen LogP contribution < -0.4 is 5.32 Å². The van der Waals surface area contributed by atoms with Crippen molar-refractivity contribution in [1.82, 2.24) is 0 Å². The fourth-order valence-corrected chi connectivity index (χ4v) is 3.07. The maximum Gasteiger partial charge on any atom is 0.339 e. The van der Waals surface area contributed by atoms with Crippen LogP contribution in [0.4, 0.5) is 5.69 Å². The highest BCUT2D eigenvalue weighted by atomic mass is 35.5. The zero-order chi connectivity index (χ0) is 17.7. The van der Waals surface area contributed by atoms with Gasteiger partial charge in [0.05, 0.1) is 17.2 Å². The van der Waals surface area contributed by atoms with Crippen molar-refractivity contribution in [2.45, 2.75) is 12.3 Å². The first kappa shape index (κ1) is 18.3. The van der Waals surface area contributed by atoms with Crippen LogP contribution in [0, 0.1) is 0 Å². The SMILES string of the molecule is CCOC(=O)c1cc(NC(c2ccccc2)S(=O)(=O)O)ccc1Cl. The minimum absolute atomic E-state index is 0.102. The third kappa shape index (κ3) is 4.47. The van der Waals surface area contributed by atoms with Crippen LogP contribution in [0.25, 0.3) is 0 Å². The first-order valence-electron chi connectivity index (χ1n) is 7.07. The van der Waals surface area contributed by atoms with Crippen molar-refractivity contribution < 1.29 is 22.5 Å². The predicted octanol–water partition coefficient (Wildman–Crippen LogP) is 3.52. The van der Waals surface area contributed by atoms with E-state index in [1.54, 1.807) is 37.3 Å². The number of esters is 1. The van der Waals surface area contributed by atoms with E-state index in [-0.39, 0.29) is 17.2 Å². The van der Waals surface area contributed by atoms with Gasteiger partial charge in [0.25, 0.3) is 10.1 Å². The average molecular weight is 370 g/mol. The van der Waals surface area contributed by atoms with E-state index in [0.717, 1.165) is 0 Å². The molecule has 8 heteroatoms. The minimum atomic E-state index is -4.43. The topological polar surface area (TPSA) is 92.7 Å². The van der Waals surface area contributed by atoms with Gasteiger partial charge in [-0.05, 0) is 30.7 Å². The van der Waals surface area contributed by atoms with Crippen LogP contribution in [0.3, 0.4) is 0 Å². The van der Waals surface area contributed by atoms with Crippen LogP contribution in [0.5, 0.6) is 0 Å². The molecule has 0 bridgehead atoms. The molecule has 0 aliphatic heterocycles. The maximum atomic E-state index is 11.9. The summed E-state index contributed by atoms with van der Waals surface area (Å²) in [5.74, 6) is -0.616. The number of carbonyl (C=O) groups excluding carboxylic acids is 1. The molecule has 0 saturated carbocycles. The summed E-state index contributed by atoms with van der Waals surface area (Å²) in [6.45, 7) is 1.85. The van der Waals surface area contributed by atoms with Gasteiger partial charge in [0, 0.05) is 5.69 Å². The second kappa shape index (κ2) is 7.65. The van der Waals surface area contributed by atoms with Gasteiger partial charge < -0.3 is 10.1 Å². The zero-order valence-electron chi connectivity index (χ0n) is 12.8. The predicted molar refractivity (Wildman–Crippen MR) is 91.8 cm³/mol. The Morgan fingerprint density at radius 1 is 1.25 bits per heavy atom. The first-order chi connectivity index (χ1) is 11.3. The Bertz CT molecular complexity index is 824. The van der Waals surface area contributed by atoms with Gasteiger partial charge in [-0.1, -0.05) is 41.9 Å². The van der Waals surface area contributed by atoms with Gasteiger partial charge in [-0.15, -0.1) is 0 Å². The van der Waals surface area contributed by atoms with E-state index in [2.05, 4.69) is 5.32 Å². The number of carbonyl (C=O) groups is 1. The molecule has 0 heterocycles. The van der Waals surface area contributed by atoms with Crippen LogP contribution >= 0.6 is 11.6 Å². The molecule has 2 aromatic rings. The van der Waals surface area contributed by atoms with Crippen molar-refractivity contribution in [3.8, 4) is 0 Å². The molecule has 0 spiro atoms. The van der Waals surface area contributed by atoms with Crippen LogP contribution in [0.2, 0.25) is 5.02 Å². The van der Waals surface area contributed by atoms with Gasteiger partial charge in [-0.2, -0.15) is 8.42 Å². The molecule has 24 heavy (non-hydrogen) atoms. The molecule has 0 saturated heterocycles. The van der Waals surface area contributed by atoms with Crippen molar-refractivity contribution in [1.29, 1.82) is 0 Å². The third-order valence-corrected chi connectivity index (χ3v) is 4.47. The molecule has 0 fully saturated rings. The molecular weight excluding hydrogens is 354 g/mol. The number of ether oxygens (including phenoxy) is 1. The third-order valence-electron chi connectivity index (χ3n) is 3.16. The normalized spacial score (nSPS) is 12.5. The quantitative estimate of drug-likeness (QED) is 0.597. The smallest absolute Gasteiger partial charge is 0.339 e. The fourth-order valence-electron chi connectivity index (χ4n) is 2.09. The van der Waals surface area contributed by atoms with E-state index in [9.17, 15) is 17.8 Å². The molecule has 0 aliphatic carbocycles. The lowest BCUT2D eigenvalue weighted by Gasteiger charge is -2.18. The minimum Gasteiger partial charge on any atom is -0.462 e. The molecule has 0 aromatic heterocycles. The maximum absolute atomic E-state index is 11.9. The van der Waals surface area contributed by atoms with Crippen molar-refractivity contribution in [2.75, 3.05) is 11.9 Å². The number of rotatable bonds is 6. The van der Waals surface area contributed by atoms with E-state index in [0.29, 0.717) is 11.3 Å². The Labute approximate surface area is 145 Å². The number of anilines is 1. The number of hydrogen-bond donors (Lipinski definition) is 2. The molecule has 128 valence electrons. The summed E-state index contributed by atoms with van der Waals surface area (Å²) in [6.07, 6.45) is 0. The van der Waals surface area contributed by atoms with Crippen molar-refractivity contribution in [3.63, 3.8) is 0 Å². The highest BCUT2D eigenvalue weighted by Crippen LogP contribution is 2.27. The van der Waals surface area contributed by atoms with E-state index in [1.807, 2.05) is 0 Å². The van der Waals surface area contributed by atoms with Crippen LogP contribution in [0.1, 0.15) is 28.2 Å². The first-order valence-corrected chi connectivity index (χ1v) is 8.95. The van der Waals surface area contributed by atoms with Crippen molar-refractivity contribution in [3.05, 3.63) is 64.7 Å². The Balaban J connectivity index is 2.37. The van der Waals surface area contributed by atoms with E-state index in [4.69, 9.17) is 16.3 Å². The van der Waals surface area contributed by atoms with E-state index >= 15 is 0 Å². The molecule has 2 rings (SSSR count). The van der Waals surface area contributed by atoms with Gasteiger partial charge in [-0.3, -0.25) is 4.55 Å². The summed E-state index contributed by atoms with van der Waals surface area (Å²) in [6, 6.07) is 12.5. The van der Waals surface area contributed by atoms with Gasteiger partial charge in [0.1, 0.15) is 0 Å². The number of halogens is 1. The summed E-state index contributed by atoms with van der Waals surface area (Å²) in [4.78, 5) is 11.9. The van der Waals surface area contributed by atoms with Gasteiger partial charge >= 0.3 is 5.97 Å². The summed E-state index contributed by atoms with van der Waals surface area (Å²) in [7, 11) is -4.43. The monoisotopic (exact) mass is 369 g/mol. The Kier molecular flexibility index (Phi) is 5.82. The fraction of sp³-hybridized carbons (Fsp3) is 0.188. The molecular formula is C16H16ClNO5S. The molecule has 6 nitrogen and oxygen atoms in total. The largest absolute Gasteiger partial charge is 0.462 e. The number of nitrogens with one attached hydrogen (secondary N) is 1. The molecule has 2 aromatic carbocycles. The number of benzene rings is 2. The van der Waals surface area contributed by atoms with Gasteiger partial charge in [0.2, 0.25) is 0 Å². The molecule has 2 N–H and O–H groups in total. The summed E-state index contributed by atoms with van der Waals surface area (Å²) >= 11 is 5.97. The second-order valence-electron chi connectivity index (χ2n) is 4.87. The Hall–Kier alpha value is -2.09. The average Bonchev–Trinajstić information content (AvgIpc) is 2.54. The molecule has 0 amide bonds. The molecule has 1 unspecified atom stereocenters. The molecule has 1 atom stereocenters. The van der Waals surface area contributed by atoms with Crippen molar-refractivity contribution in [2.24, 2.45) is 0 Å². The highest BCUT2D eigenvalue weighted by Gasteiger charge is 2.25. The van der Waals surface area contributed by atoms with Crippen LogP contribution in [0.15, 0.2) is 48.5 Å². The Morgan fingerprint density at radius 2 is 1.92 bits per heavy atom. The van der Waals surface area contributed by atoms with Gasteiger partial charge in [-0.25, -0.2) is 4.79 Å². The van der Waals surface area contributed by atoms with Crippen LogP contribution in [-0.4, -0.2) is 25.5 Å². The summed E-state index contributed by atoms with van der Waals surface area (Å²) in [5.41, 5.74) is 0.757. The van der Waals surface area contributed by atoms with Gasteiger partial charge in [0.15, 0.2) is 5.37 Å². The van der Waals surface area contributed by atoms with E-state index in [1.165, 1.54) is 18.2 Å².